The summed E-state index contributed by atoms with van der Waals surface area (Å²) in [7, 11) is -0.295. The van der Waals surface area contributed by atoms with Crippen LogP contribution in [-0.4, -0.2) is 39.3 Å². The van der Waals surface area contributed by atoms with E-state index in [0.29, 0.717) is 17.3 Å². The molecule has 2 aromatic rings. The van der Waals surface area contributed by atoms with Crippen molar-refractivity contribution in [3.8, 4) is 0 Å². The van der Waals surface area contributed by atoms with Gasteiger partial charge in [0.15, 0.2) is 5.96 Å². The monoisotopic (exact) mass is 528 g/mol. The Morgan fingerprint density at radius 1 is 1.12 bits per heavy atom. The van der Waals surface area contributed by atoms with Crippen LogP contribution in [0.5, 0.6) is 0 Å². The van der Waals surface area contributed by atoms with E-state index in [0.717, 1.165) is 17.4 Å². The molecule has 26 heavy (non-hydrogen) atoms. The van der Waals surface area contributed by atoms with Crippen LogP contribution in [0.15, 0.2) is 33.5 Å². The van der Waals surface area contributed by atoms with Crippen molar-refractivity contribution in [2.45, 2.75) is 31.1 Å². The topological polar surface area (TPSA) is 73.8 Å². The van der Waals surface area contributed by atoms with E-state index < -0.39 is 10.0 Å². The number of nitrogens with one attached hydrogen (secondary N) is 2. The summed E-state index contributed by atoms with van der Waals surface area (Å²) in [6.07, 6.45) is 0. The standard InChI is InChI=1S/C16H24N4O2S3.HI/c1-5-17-16(18-10-13-7-6-12(2)23-13)19-11-14-8-9-15(24-14)25(21,22)20(3)4;/h6-9H,5,10-11H2,1-4H3,(H2,17,18,19);1H. The van der Waals surface area contributed by atoms with Gasteiger partial charge in [0.25, 0.3) is 10.0 Å². The average molecular weight is 529 g/mol. The van der Waals surface area contributed by atoms with Crippen molar-refractivity contribution in [1.82, 2.24) is 14.9 Å². The van der Waals surface area contributed by atoms with E-state index >= 15 is 0 Å². The van der Waals surface area contributed by atoms with Gasteiger partial charge in [0, 0.05) is 35.3 Å². The average Bonchev–Trinajstić information content (AvgIpc) is 3.19. The molecule has 0 aliphatic heterocycles. The molecule has 0 radical (unpaired) electrons. The highest BCUT2D eigenvalue weighted by atomic mass is 127. The second-order valence-corrected chi connectivity index (χ2v) is 10.5. The Balaban J connectivity index is 0.00000338. The molecule has 0 saturated heterocycles. The Morgan fingerprint density at radius 3 is 2.38 bits per heavy atom. The van der Waals surface area contributed by atoms with Crippen LogP contribution in [0.4, 0.5) is 0 Å². The maximum absolute atomic E-state index is 12.1. The number of nitrogens with zero attached hydrogens (tertiary/aromatic N) is 2. The molecule has 2 heterocycles. The summed E-state index contributed by atoms with van der Waals surface area (Å²) in [5, 5.41) is 6.46. The predicted octanol–water partition coefficient (Wildman–Crippen LogP) is 3.24. The maximum Gasteiger partial charge on any atom is 0.252 e. The van der Waals surface area contributed by atoms with Gasteiger partial charge in [0.05, 0.1) is 13.1 Å². The number of hydrogen-bond acceptors (Lipinski definition) is 5. The fraction of sp³-hybridized carbons (Fsp3) is 0.438. The summed E-state index contributed by atoms with van der Waals surface area (Å²) in [5.41, 5.74) is 0. The highest BCUT2D eigenvalue weighted by Crippen LogP contribution is 2.23. The predicted molar refractivity (Wildman–Crippen MR) is 121 cm³/mol. The number of aryl methyl sites for hydroxylation is 1. The van der Waals surface area contributed by atoms with Crippen molar-refractivity contribution in [1.29, 1.82) is 0 Å². The number of rotatable bonds is 7. The van der Waals surface area contributed by atoms with Gasteiger partial charge in [0.2, 0.25) is 0 Å². The molecule has 0 amide bonds. The van der Waals surface area contributed by atoms with Gasteiger partial charge in [-0.2, -0.15) is 0 Å². The Bertz CT molecular complexity index is 828. The molecule has 0 spiro atoms. The minimum Gasteiger partial charge on any atom is -0.357 e. The molecule has 0 unspecified atom stereocenters. The first-order valence-electron chi connectivity index (χ1n) is 7.91. The number of sulfonamides is 1. The van der Waals surface area contributed by atoms with E-state index in [-0.39, 0.29) is 24.0 Å². The van der Waals surface area contributed by atoms with Crippen LogP contribution in [0.1, 0.15) is 21.6 Å². The molecular weight excluding hydrogens is 503 g/mol. The molecule has 2 rings (SSSR count). The Kier molecular flexibility index (Phi) is 9.51. The van der Waals surface area contributed by atoms with E-state index in [9.17, 15) is 8.42 Å². The van der Waals surface area contributed by atoms with Gasteiger partial charge in [-0.05, 0) is 38.1 Å². The first-order valence-corrected chi connectivity index (χ1v) is 11.0. The molecule has 0 aliphatic carbocycles. The highest BCUT2D eigenvalue weighted by molar-refractivity contribution is 14.0. The van der Waals surface area contributed by atoms with Crippen molar-refractivity contribution in [2.75, 3.05) is 20.6 Å². The molecular formula is C16H25IN4O2S3. The smallest absolute Gasteiger partial charge is 0.252 e. The van der Waals surface area contributed by atoms with Gasteiger partial charge in [-0.3, -0.25) is 0 Å². The normalized spacial score (nSPS) is 12.1. The molecule has 0 fully saturated rings. The van der Waals surface area contributed by atoms with Crippen molar-refractivity contribution in [3.63, 3.8) is 0 Å². The first kappa shape index (κ1) is 23.3. The summed E-state index contributed by atoms with van der Waals surface area (Å²) < 4.78 is 25.8. The summed E-state index contributed by atoms with van der Waals surface area (Å²) in [6.45, 7) is 6.01. The van der Waals surface area contributed by atoms with Crippen LogP contribution < -0.4 is 10.6 Å². The Labute approximate surface area is 180 Å². The number of hydrogen-bond donors (Lipinski definition) is 2. The SMILES string of the molecule is CCNC(=NCc1ccc(C)s1)NCc1ccc(S(=O)(=O)N(C)C)s1.I. The van der Waals surface area contributed by atoms with E-state index in [1.807, 2.05) is 13.0 Å². The van der Waals surface area contributed by atoms with E-state index in [4.69, 9.17) is 0 Å². The van der Waals surface area contributed by atoms with Crippen LogP contribution in [0, 0.1) is 6.92 Å². The second kappa shape index (κ2) is 10.6. The lowest BCUT2D eigenvalue weighted by molar-refractivity contribution is 0.523. The van der Waals surface area contributed by atoms with Crippen LogP contribution >= 0.6 is 46.7 Å². The number of guanidine groups is 1. The molecule has 0 atom stereocenters. The minimum absolute atomic E-state index is 0. The third-order valence-electron chi connectivity index (χ3n) is 3.34. The summed E-state index contributed by atoms with van der Waals surface area (Å²) >= 11 is 3.01. The molecule has 10 heteroatoms. The molecule has 146 valence electrons. The molecule has 0 bridgehead atoms. The van der Waals surface area contributed by atoms with Gasteiger partial charge in [-0.15, -0.1) is 46.7 Å². The quantitative estimate of drug-likeness (QED) is 0.329. The molecule has 2 aromatic heterocycles. The van der Waals surface area contributed by atoms with Gasteiger partial charge < -0.3 is 10.6 Å². The van der Waals surface area contributed by atoms with Crippen LogP contribution in [0.2, 0.25) is 0 Å². The molecule has 0 aliphatic rings. The maximum atomic E-state index is 12.1. The zero-order chi connectivity index (χ0) is 18.4. The van der Waals surface area contributed by atoms with Crippen LogP contribution in [0.3, 0.4) is 0 Å². The van der Waals surface area contributed by atoms with Crippen molar-refractivity contribution < 1.29 is 8.42 Å². The second-order valence-electron chi connectivity index (χ2n) is 5.57. The number of halogens is 1. The van der Waals surface area contributed by atoms with E-state index in [1.165, 1.54) is 39.5 Å². The molecule has 6 nitrogen and oxygen atoms in total. The van der Waals surface area contributed by atoms with Gasteiger partial charge in [-0.25, -0.2) is 17.7 Å². The summed E-state index contributed by atoms with van der Waals surface area (Å²) in [6, 6.07) is 7.66. The highest BCUT2D eigenvalue weighted by Gasteiger charge is 2.19. The van der Waals surface area contributed by atoms with Gasteiger partial charge in [-0.1, -0.05) is 0 Å². The van der Waals surface area contributed by atoms with Crippen molar-refractivity contribution in [3.05, 3.63) is 38.9 Å². The number of aliphatic imine (C=N–C) groups is 1. The van der Waals surface area contributed by atoms with Gasteiger partial charge >= 0.3 is 0 Å². The summed E-state index contributed by atoms with van der Waals surface area (Å²) in [4.78, 5) is 8.01. The fourth-order valence-corrected chi connectivity index (χ4v) is 5.29. The molecule has 0 aromatic carbocycles. The molecule has 2 N–H and O–H groups in total. The van der Waals surface area contributed by atoms with Crippen molar-refractivity contribution in [2.24, 2.45) is 4.99 Å². The first-order chi connectivity index (χ1) is 11.8. The van der Waals surface area contributed by atoms with E-state index in [1.54, 1.807) is 17.4 Å². The minimum atomic E-state index is -3.37. The lowest BCUT2D eigenvalue weighted by atomic mass is 10.4. The summed E-state index contributed by atoms with van der Waals surface area (Å²) in [5.74, 6) is 0.721. The zero-order valence-corrected chi connectivity index (χ0v) is 20.1. The Morgan fingerprint density at radius 2 is 1.81 bits per heavy atom. The largest absolute Gasteiger partial charge is 0.357 e. The fourth-order valence-electron chi connectivity index (χ4n) is 2.01. The lowest BCUT2D eigenvalue weighted by Gasteiger charge is -2.10. The van der Waals surface area contributed by atoms with Gasteiger partial charge in [0.1, 0.15) is 4.21 Å². The van der Waals surface area contributed by atoms with Crippen molar-refractivity contribution >= 4 is 62.6 Å². The van der Waals surface area contributed by atoms with E-state index in [2.05, 4.69) is 34.7 Å². The third-order valence-corrected chi connectivity index (χ3v) is 7.69. The zero-order valence-electron chi connectivity index (χ0n) is 15.3. The number of thiophene rings is 2. The third kappa shape index (κ3) is 6.48. The van der Waals surface area contributed by atoms with Crippen LogP contribution in [-0.2, 0) is 23.1 Å². The molecule has 0 saturated carbocycles. The lowest BCUT2D eigenvalue weighted by Crippen LogP contribution is -2.36. The van der Waals surface area contributed by atoms with Crippen LogP contribution in [0.25, 0.3) is 0 Å². The Hall–Kier alpha value is -0.690.